The standard InChI is InChI=1S/C7H12O4/c1-4(6(8)9)3-5(2)7(10)11/h4-5H,3H2,1-2H3,(H,8,9)(H,10,11)/p-2/t4-,5-/m1/s1. The lowest BCUT2D eigenvalue weighted by Crippen LogP contribution is -2.35. The Morgan fingerprint density at radius 3 is 1.55 bits per heavy atom. The van der Waals surface area contributed by atoms with Gasteiger partial charge in [0.05, 0.1) is 0 Å². The van der Waals surface area contributed by atoms with Gasteiger partial charge in [-0.2, -0.15) is 0 Å². The van der Waals surface area contributed by atoms with Crippen LogP contribution >= 0.6 is 0 Å². The maximum Gasteiger partial charge on any atom is 0.0442 e. The van der Waals surface area contributed by atoms with E-state index in [-0.39, 0.29) is 6.42 Å². The Hall–Kier alpha value is -1.06. The molecule has 0 saturated heterocycles. The van der Waals surface area contributed by atoms with Gasteiger partial charge in [-0.3, -0.25) is 0 Å². The molecule has 0 aromatic rings. The molecule has 0 unspecified atom stereocenters. The van der Waals surface area contributed by atoms with E-state index in [2.05, 4.69) is 0 Å². The first-order chi connectivity index (χ1) is 4.95. The first-order valence-electron chi connectivity index (χ1n) is 3.37. The Labute approximate surface area is 64.8 Å². The van der Waals surface area contributed by atoms with Gasteiger partial charge < -0.3 is 19.8 Å². The van der Waals surface area contributed by atoms with Gasteiger partial charge in [-0.05, 0) is 18.3 Å². The average molecular weight is 158 g/mol. The van der Waals surface area contributed by atoms with Gasteiger partial charge in [0.15, 0.2) is 0 Å². The molecule has 2 atom stereocenters. The lowest BCUT2D eigenvalue weighted by atomic mass is 9.98. The predicted molar refractivity (Wildman–Crippen MR) is 33.0 cm³/mol. The molecule has 0 aromatic heterocycles. The number of carbonyl (C=O) groups is 2. The van der Waals surface area contributed by atoms with E-state index in [1.807, 2.05) is 0 Å². The molecule has 64 valence electrons. The van der Waals surface area contributed by atoms with Crippen molar-refractivity contribution in [3.63, 3.8) is 0 Å². The molecule has 4 heteroatoms. The minimum absolute atomic E-state index is 0.0602. The van der Waals surface area contributed by atoms with Gasteiger partial charge in [0.2, 0.25) is 0 Å². The monoisotopic (exact) mass is 158 g/mol. The number of aliphatic carboxylic acids is 2. The first-order valence-corrected chi connectivity index (χ1v) is 3.37. The van der Waals surface area contributed by atoms with Crippen LogP contribution in [-0.2, 0) is 9.59 Å². The van der Waals surface area contributed by atoms with Crippen molar-refractivity contribution in [1.29, 1.82) is 0 Å². The lowest BCUT2D eigenvalue weighted by molar-refractivity contribution is -0.315. The summed E-state index contributed by atoms with van der Waals surface area (Å²) in [6.45, 7) is 2.82. The second-order valence-corrected chi connectivity index (χ2v) is 2.68. The summed E-state index contributed by atoms with van der Waals surface area (Å²) in [6, 6.07) is 0. The summed E-state index contributed by atoms with van der Waals surface area (Å²) in [4.78, 5) is 20.3. The van der Waals surface area contributed by atoms with Crippen LogP contribution < -0.4 is 10.2 Å². The summed E-state index contributed by atoms with van der Waals surface area (Å²) in [5.74, 6) is -3.91. The van der Waals surface area contributed by atoms with Crippen molar-refractivity contribution >= 4 is 11.9 Å². The van der Waals surface area contributed by atoms with E-state index in [4.69, 9.17) is 0 Å². The van der Waals surface area contributed by atoms with Crippen LogP contribution in [0.2, 0.25) is 0 Å². The molecule has 0 aromatic carbocycles. The number of carboxylic acid groups (broad SMARTS) is 2. The summed E-state index contributed by atoms with van der Waals surface area (Å²) < 4.78 is 0. The minimum atomic E-state index is -1.22. The molecule has 0 rings (SSSR count). The van der Waals surface area contributed by atoms with Gasteiger partial charge in [0.1, 0.15) is 0 Å². The molecule has 0 N–H and O–H groups in total. The highest BCUT2D eigenvalue weighted by molar-refractivity contribution is 5.70. The molecular weight excluding hydrogens is 148 g/mol. The second kappa shape index (κ2) is 3.95. The zero-order chi connectivity index (χ0) is 9.02. The zero-order valence-corrected chi connectivity index (χ0v) is 6.49. The third kappa shape index (κ3) is 3.60. The highest BCUT2D eigenvalue weighted by Crippen LogP contribution is 2.09. The number of rotatable bonds is 4. The van der Waals surface area contributed by atoms with Crippen molar-refractivity contribution in [2.24, 2.45) is 11.8 Å². The maximum atomic E-state index is 10.1. The molecule has 0 saturated carbocycles. The van der Waals surface area contributed by atoms with E-state index in [0.29, 0.717) is 0 Å². The summed E-state index contributed by atoms with van der Waals surface area (Å²) in [5.41, 5.74) is 0. The molecule has 0 fully saturated rings. The molecule has 0 amide bonds. The van der Waals surface area contributed by atoms with Gasteiger partial charge in [-0.25, -0.2) is 0 Å². The van der Waals surface area contributed by atoms with Crippen LogP contribution in [0.4, 0.5) is 0 Å². The fourth-order valence-corrected chi connectivity index (χ4v) is 0.723. The van der Waals surface area contributed by atoms with Crippen LogP contribution in [0.15, 0.2) is 0 Å². The average Bonchev–Trinajstić information content (AvgIpc) is 1.87. The van der Waals surface area contributed by atoms with Crippen molar-refractivity contribution < 1.29 is 19.8 Å². The van der Waals surface area contributed by atoms with E-state index in [1.54, 1.807) is 0 Å². The molecule has 0 radical (unpaired) electrons. The van der Waals surface area contributed by atoms with Crippen molar-refractivity contribution in [2.45, 2.75) is 20.3 Å². The number of hydrogen-bond donors (Lipinski definition) is 0. The molecule has 0 aliphatic heterocycles. The SMILES string of the molecule is C[C@H](C[C@@H](C)C(=O)[O-])C(=O)[O-]. The highest BCUT2D eigenvalue weighted by Gasteiger charge is 2.09. The Kier molecular flexibility index (Phi) is 3.57. The Morgan fingerprint density at radius 2 is 1.36 bits per heavy atom. The van der Waals surface area contributed by atoms with Crippen LogP contribution in [0.5, 0.6) is 0 Å². The summed E-state index contributed by atoms with van der Waals surface area (Å²) in [5, 5.41) is 20.3. The maximum absolute atomic E-state index is 10.1. The molecule has 4 nitrogen and oxygen atoms in total. The van der Waals surface area contributed by atoms with Crippen LogP contribution in [0.25, 0.3) is 0 Å². The molecule has 0 aliphatic rings. The van der Waals surface area contributed by atoms with Gasteiger partial charge in [0, 0.05) is 11.9 Å². The van der Waals surface area contributed by atoms with E-state index in [1.165, 1.54) is 13.8 Å². The third-order valence-corrected chi connectivity index (χ3v) is 1.51. The van der Waals surface area contributed by atoms with E-state index < -0.39 is 23.8 Å². The quantitative estimate of drug-likeness (QED) is 0.481. The van der Waals surface area contributed by atoms with E-state index >= 15 is 0 Å². The molecular formula is C7H10O4-2. The van der Waals surface area contributed by atoms with Crippen molar-refractivity contribution in [3.8, 4) is 0 Å². The summed E-state index contributed by atoms with van der Waals surface area (Å²) in [7, 11) is 0. The van der Waals surface area contributed by atoms with Crippen molar-refractivity contribution in [3.05, 3.63) is 0 Å². The van der Waals surface area contributed by atoms with Crippen LogP contribution in [0.3, 0.4) is 0 Å². The van der Waals surface area contributed by atoms with Gasteiger partial charge in [-0.1, -0.05) is 13.8 Å². The first kappa shape index (κ1) is 9.94. The Bertz CT molecular complexity index is 146. The van der Waals surface area contributed by atoms with Gasteiger partial charge in [0.25, 0.3) is 0 Å². The minimum Gasteiger partial charge on any atom is -0.550 e. The fourth-order valence-electron chi connectivity index (χ4n) is 0.723. The Balaban J connectivity index is 3.84. The van der Waals surface area contributed by atoms with Crippen LogP contribution in [0.1, 0.15) is 20.3 Å². The van der Waals surface area contributed by atoms with Gasteiger partial charge in [-0.15, -0.1) is 0 Å². The van der Waals surface area contributed by atoms with Gasteiger partial charge >= 0.3 is 0 Å². The van der Waals surface area contributed by atoms with Crippen molar-refractivity contribution in [2.75, 3.05) is 0 Å². The number of hydrogen-bond acceptors (Lipinski definition) is 4. The number of carboxylic acids is 2. The second-order valence-electron chi connectivity index (χ2n) is 2.68. The van der Waals surface area contributed by atoms with E-state index in [0.717, 1.165) is 0 Å². The topological polar surface area (TPSA) is 80.3 Å². The van der Waals surface area contributed by atoms with Crippen LogP contribution in [0, 0.1) is 11.8 Å². The Morgan fingerprint density at radius 1 is 1.09 bits per heavy atom. The lowest BCUT2D eigenvalue weighted by Gasteiger charge is -2.18. The molecule has 0 spiro atoms. The van der Waals surface area contributed by atoms with E-state index in [9.17, 15) is 19.8 Å². The molecule has 0 aliphatic carbocycles. The van der Waals surface area contributed by atoms with Crippen LogP contribution in [-0.4, -0.2) is 11.9 Å². The highest BCUT2D eigenvalue weighted by atomic mass is 16.4. The molecule has 11 heavy (non-hydrogen) atoms. The molecule has 0 bridgehead atoms. The fraction of sp³-hybridized carbons (Fsp3) is 0.714. The third-order valence-electron chi connectivity index (χ3n) is 1.51. The van der Waals surface area contributed by atoms with Crippen molar-refractivity contribution in [1.82, 2.24) is 0 Å². The summed E-state index contributed by atoms with van der Waals surface area (Å²) in [6.07, 6.45) is 0.0602. The number of carbonyl (C=O) groups excluding carboxylic acids is 2. The predicted octanol–water partition coefficient (Wildman–Crippen LogP) is -1.85. The smallest absolute Gasteiger partial charge is 0.0442 e. The molecule has 0 heterocycles. The normalized spacial score (nSPS) is 15.5. The largest absolute Gasteiger partial charge is 0.550 e. The summed E-state index contributed by atoms with van der Waals surface area (Å²) >= 11 is 0. The zero-order valence-electron chi connectivity index (χ0n) is 6.49.